The standard InChI is InChI=1S/C89H140O17P2/c1-5-9-13-17-21-25-29-33-36-39-41-44-47-51-54-58-62-66-70-74-87(92)100-80-85(106-89(94)76-72-68-64-60-56-52-48-45-42-40-37-34-30-26-22-18-14-10-6-2)82-104-108(97,98)102-78-83(90)77-101-107(95,96)103-81-84(105-88(93)75-71-67-63-59-55-49-32-28-24-20-16-12-8-4)79-99-86(91)73-69-65-61-57-53-50-46-43-38-35-31-27-23-19-15-11-7-3/h9-10,13-14,21-23,25-28,32-38,41-42,44-46,50-52,54,56-57,61-62,64,66,68,83-85,90H,5-8,11-12,15-20,24,29-31,39-40,43,47-49,53,55,58-60,63,65,67,69-82H2,1-4H3,(H,95,96)(H,97,98)/b13-9-,14-10-,25-21-,26-22-,27-23-,32-28-,36-33-,37-34-,38-35-,44-41-,45-42-,50-46-,54-51-,56-52-,61-57-,66-62-,68-64-/t83-,84+,85+/m0/s1. The topological polar surface area (TPSA) is 237 Å². The Kier molecular flexibility index (Phi) is 74.1. The number of phosphoric ester groups is 2. The zero-order valence-corrected chi connectivity index (χ0v) is 68.2. The summed E-state index contributed by atoms with van der Waals surface area (Å²) >= 11 is 0. The molecular formula is C89H140O17P2. The van der Waals surface area contributed by atoms with Crippen LogP contribution in [0.2, 0.25) is 0 Å². The largest absolute Gasteiger partial charge is 0.472 e. The summed E-state index contributed by atoms with van der Waals surface area (Å²) in [6.45, 7) is 4.32. The van der Waals surface area contributed by atoms with E-state index in [-0.39, 0.29) is 25.7 Å². The summed E-state index contributed by atoms with van der Waals surface area (Å²) in [7, 11) is -10.0. The predicted octanol–water partition coefficient (Wildman–Crippen LogP) is 23.9. The Morgan fingerprint density at radius 2 is 0.509 bits per heavy atom. The van der Waals surface area contributed by atoms with Crippen LogP contribution in [0.4, 0.5) is 0 Å². The number of aliphatic hydroxyl groups excluding tert-OH is 1. The van der Waals surface area contributed by atoms with Crippen LogP contribution in [0.5, 0.6) is 0 Å². The molecule has 3 N–H and O–H groups in total. The summed E-state index contributed by atoms with van der Waals surface area (Å²) < 4.78 is 68.4. The van der Waals surface area contributed by atoms with Crippen molar-refractivity contribution in [1.82, 2.24) is 0 Å². The average molecular weight is 1540 g/mol. The third-order valence-corrected chi connectivity index (χ3v) is 17.6. The van der Waals surface area contributed by atoms with Crippen molar-refractivity contribution in [3.63, 3.8) is 0 Å². The maximum atomic E-state index is 13.1. The van der Waals surface area contributed by atoms with Crippen LogP contribution in [-0.4, -0.2) is 96.7 Å². The Bertz CT molecular complexity index is 2860. The molecule has 0 heterocycles. The van der Waals surface area contributed by atoms with Crippen LogP contribution in [0, 0.1) is 0 Å². The number of carbonyl (C=O) groups excluding carboxylic acids is 4. The molecule has 0 amide bonds. The Morgan fingerprint density at radius 1 is 0.269 bits per heavy atom. The zero-order chi connectivity index (χ0) is 78.9. The first-order valence-electron chi connectivity index (χ1n) is 40.3. The maximum absolute atomic E-state index is 13.1. The minimum Gasteiger partial charge on any atom is -0.462 e. The average Bonchev–Trinajstić information content (AvgIpc) is 0.892. The van der Waals surface area contributed by atoms with Crippen molar-refractivity contribution in [3.8, 4) is 0 Å². The second-order valence-corrected chi connectivity index (χ2v) is 28.8. The number of ether oxygens (including phenoxy) is 4. The molecule has 0 aliphatic carbocycles. The summed E-state index contributed by atoms with van der Waals surface area (Å²) in [6.07, 6.45) is 98.5. The molecule has 0 fully saturated rings. The van der Waals surface area contributed by atoms with Crippen molar-refractivity contribution in [3.05, 3.63) is 207 Å². The van der Waals surface area contributed by atoms with Gasteiger partial charge in [0.05, 0.1) is 26.4 Å². The van der Waals surface area contributed by atoms with Gasteiger partial charge in [0.1, 0.15) is 19.3 Å². The van der Waals surface area contributed by atoms with Crippen LogP contribution >= 0.6 is 15.6 Å². The molecule has 0 radical (unpaired) electrons. The van der Waals surface area contributed by atoms with Gasteiger partial charge in [0, 0.05) is 25.7 Å². The molecule has 5 atom stereocenters. The zero-order valence-electron chi connectivity index (χ0n) is 66.4. The summed E-state index contributed by atoms with van der Waals surface area (Å²) in [4.78, 5) is 73.0. The second-order valence-electron chi connectivity index (χ2n) is 25.9. The van der Waals surface area contributed by atoms with Crippen molar-refractivity contribution in [1.29, 1.82) is 0 Å². The van der Waals surface area contributed by atoms with Gasteiger partial charge in [-0.15, -0.1) is 0 Å². The second kappa shape index (κ2) is 78.8. The predicted molar refractivity (Wildman–Crippen MR) is 445 cm³/mol. The highest BCUT2D eigenvalue weighted by molar-refractivity contribution is 7.47. The molecule has 0 aliphatic rings. The van der Waals surface area contributed by atoms with Crippen molar-refractivity contribution >= 4 is 39.5 Å². The molecule has 2 unspecified atom stereocenters. The van der Waals surface area contributed by atoms with E-state index in [0.29, 0.717) is 44.9 Å². The smallest absolute Gasteiger partial charge is 0.462 e. The van der Waals surface area contributed by atoms with E-state index in [1.807, 2.05) is 48.6 Å². The van der Waals surface area contributed by atoms with Gasteiger partial charge in [-0.3, -0.25) is 37.3 Å². The molecule has 17 nitrogen and oxygen atoms in total. The summed E-state index contributed by atoms with van der Waals surface area (Å²) in [5.41, 5.74) is 0. The lowest BCUT2D eigenvalue weighted by Gasteiger charge is -2.21. The fraction of sp³-hybridized carbons (Fsp3) is 0.573. The molecule has 0 rings (SSSR count). The first kappa shape index (κ1) is 102. The molecule has 608 valence electrons. The van der Waals surface area contributed by atoms with E-state index < -0.39 is 97.5 Å². The van der Waals surface area contributed by atoms with Crippen molar-refractivity contribution in [2.75, 3.05) is 39.6 Å². The fourth-order valence-electron chi connectivity index (χ4n) is 9.67. The van der Waals surface area contributed by atoms with Crippen molar-refractivity contribution < 1.29 is 80.2 Å². The molecule has 0 aromatic heterocycles. The Hall–Kier alpha value is -6.36. The van der Waals surface area contributed by atoms with Gasteiger partial charge in [0.15, 0.2) is 12.2 Å². The number of hydrogen-bond acceptors (Lipinski definition) is 15. The number of hydrogen-bond donors (Lipinski definition) is 3. The molecule has 0 saturated carbocycles. The Labute approximate surface area is 652 Å². The monoisotopic (exact) mass is 1540 g/mol. The van der Waals surface area contributed by atoms with E-state index in [9.17, 15) is 43.2 Å². The number of carbonyl (C=O) groups is 4. The first-order valence-corrected chi connectivity index (χ1v) is 43.3. The van der Waals surface area contributed by atoms with Crippen molar-refractivity contribution in [2.45, 2.75) is 290 Å². The van der Waals surface area contributed by atoms with Gasteiger partial charge < -0.3 is 33.8 Å². The number of phosphoric acid groups is 2. The third-order valence-electron chi connectivity index (χ3n) is 15.7. The number of aliphatic hydroxyl groups is 1. The van der Waals surface area contributed by atoms with E-state index in [1.54, 1.807) is 0 Å². The van der Waals surface area contributed by atoms with Gasteiger partial charge in [0.2, 0.25) is 0 Å². The third kappa shape index (κ3) is 77.8. The first-order chi connectivity index (χ1) is 52.7. The van der Waals surface area contributed by atoms with Crippen LogP contribution < -0.4 is 0 Å². The van der Waals surface area contributed by atoms with Gasteiger partial charge in [0.25, 0.3) is 0 Å². The number of allylic oxidation sites excluding steroid dienone is 34. The van der Waals surface area contributed by atoms with E-state index in [0.717, 1.165) is 128 Å². The lowest BCUT2D eigenvalue weighted by molar-refractivity contribution is -0.161. The quantitative estimate of drug-likeness (QED) is 0.0169. The van der Waals surface area contributed by atoms with Gasteiger partial charge in [-0.1, -0.05) is 286 Å². The SMILES string of the molecule is CC/C=C\C/C=C\C/C=C\C/C=C\C/C=C\C/C=C\CCC(=O)OC[C@H](COP(=O)(O)OC[C@@H](O)COP(=O)(O)OC[C@@H](COC(=O)CCC/C=C\C/C=C\C/C=C\C/C=C\CCCCC)OC(=O)CCCCCCC/C=C\CCCCCC)OC(=O)CC/C=C\C/C=C\C/C=C\C/C=C\C/C=C\C/C=C\CC. The van der Waals surface area contributed by atoms with E-state index in [4.69, 9.17) is 37.0 Å². The normalized spacial score (nSPS) is 14.9. The number of esters is 4. The van der Waals surface area contributed by atoms with Gasteiger partial charge in [-0.05, 0) is 167 Å². The number of rotatable bonds is 73. The van der Waals surface area contributed by atoms with Crippen LogP contribution in [0.3, 0.4) is 0 Å². The molecule has 0 aliphatic heterocycles. The van der Waals surface area contributed by atoms with Gasteiger partial charge in [-0.25, -0.2) is 9.13 Å². The molecule has 0 bridgehead atoms. The van der Waals surface area contributed by atoms with Crippen LogP contribution in [0.25, 0.3) is 0 Å². The molecule has 0 spiro atoms. The summed E-state index contributed by atoms with van der Waals surface area (Å²) in [5.74, 6) is -2.47. The minimum absolute atomic E-state index is 0.0100. The fourth-order valence-corrected chi connectivity index (χ4v) is 11.2. The molecular weight excluding hydrogens is 1400 g/mol. The maximum Gasteiger partial charge on any atom is 0.472 e. The van der Waals surface area contributed by atoms with Gasteiger partial charge >= 0.3 is 39.5 Å². The van der Waals surface area contributed by atoms with Crippen LogP contribution in [0.1, 0.15) is 272 Å². The van der Waals surface area contributed by atoms with E-state index >= 15 is 0 Å². The summed E-state index contributed by atoms with van der Waals surface area (Å²) in [5, 5.41) is 10.6. The van der Waals surface area contributed by atoms with E-state index in [2.05, 4.69) is 186 Å². The highest BCUT2D eigenvalue weighted by Gasteiger charge is 2.30. The minimum atomic E-state index is -5.03. The van der Waals surface area contributed by atoms with Gasteiger partial charge in [-0.2, -0.15) is 0 Å². The Balaban J connectivity index is 5.58. The highest BCUT2D eigenvalue weighted by atomic mass is 31.2. The molecule has 0 saturated heterocycles. The summed E-state index contributed by atoms with van der Waals surface area (Å²) in [6, 6.07) is 0. The van der Waals surface area contributed by atoms with Crippen molar-refractivity contribution in [2.24, 2.45) is 0 Å². The molecule has 108 heavy (non-hydrogen) atoms. The highest BCUT2D eigenvalue weighted by Crippen LogP contribution is 2.45. The lowest BCUT2D eigenvalue weighted by Crippen LogP contribution is -2.30. The lowest BCUT2D eigenvalue weighted by atomic mass is 10.1. The molecule has 19 heteroatoms. The van der Waals surface area contributed by atoms with E-state index in [1.165, 1.54) is 44.9 Å². The van der Waals surface area contributed by atoms with Crippen LogP contribution in [0.15, 0.2) is 207 Å². The molecule has 0 aromatic rings. The Morgan fingerprint density at radius 3 is 0.870 bits per heavy atom. The van der Waals surface area contributed by atoms with Crippen LogP contribution in [-0.2, 0) is 65.4 Å². The molecule has 0 aromatic carbocycles. The number of unbranched alkanes of at least 4 members (excludes halogenated alkanes) is 13.